The van der Waals surface area contributed by atoms with Gasteiger partial charge in [-0.05, 0) is 25.5 Å². The van der Waals surface area contributed by atoms with E-state index in [1.165, 1.54) is 6.20 Å². The molecule has 0 saturated heterocycles. The summed E-state index contributed by atoms with van der Waals surface area (Å²) in [5.74, 6) is -0.475. The first-order valence-electron chi connectivity index (χ1n) is 4.97. The third-order valence-electron chi connectivity index (χ3n) is 2.25. The fourth-order valence-corrected chi connectivity index (χ4v) is 1.55. The number of fused-ring (bicyclic) bond motifs is 1. The molecule has 84 valence electrons. The summed E-state index contributed by atoms with van der Waals surface area (Å²) in [6, 6.07) is 1.76. The van der Waals surface area contributed by atoms with Gasteiger partial charge in [0.2, 0.25) is 0 Å². The largest absolute Gasteiger partial charge is 0.462 e. The highest BCUT2D eigenvalue weighted by Gasteiger charge is 2.17. The van der Waals surface area contributed by atoms with Crippen LogP contribution < -0.4 is 0 Å². The van der Waals surface area contributed by atoms with Gasteiger partial charge in [0.05, 0.1) is 12.8 Å². The highest BCUT2D eigenvalue weighted by molar-refractivity contribution is 6.02. The van der Waals surface area contributed by atoms with E-state index in [0.29, 0.717) is 17.6 Å². The maximum absolute atomic E-state index is 11.6. The zero-order valence-electron chi connectivity index (χ0n) is 9.10. The number of nitrogens with zero attached hydrogens (tertiary/aromatic N) is 2. The lowest BCUT2D eigenvalue weighted by Gasteiger charge is -1.98. The van der Waals surface area contributed by atoms with E-state index in [1.54, 1.807) is 19.2 Å². The highest BCUT2D eigenvalue weighted by Crippen LogP contribution is 2.19. The average Bonchev–Trinajstić information content (AvgIpc) is 2.56. The van der Waals surface area contributed by atoms with Crippen molar-refractivity contribution in [2.24, 2.45) is 0 Å². The van der Waals surface area contributed by atoms with Gasteiger partial charge in [-0.3, -0.25) is 4.98 Å². The van der Waals surface area contributed by atoms with E-state index in [9.17, 15) is 10.0 Å². The van der Waals surface area contributed by atoms with Crippen molar-refractivity contribution in [3.63, 3.8) is 0 Å². The first-order valence-corrected chi connectivity index (χ1v) is 4.97. The molecule has 0 aliphatic carbocycles. The summed E-state index contributed by atoms with van der Waals surface area (Å²) in [6.07, 6.45) is 2.96. The lowest BCUT2D eigenvalue weighted by atomic mass is 10.2. The van der Waals surface area contributed by atoms with Gasteiger partial charge in [0.25, 0.3) is 0 Å². The van der Waals surface area contributed by atoms with Gasteiger partial charge >= 0.3 is 5.97 Å². The second-order valence-electron chi connectivity index (χ2n) is 3.49. The van der Waals surface area contributed by atoms with Crippen LogP contribution in [0.3, 0.4) is 0 Å². The third-order valence-corrected chi connectivity index (χ3v) is 2.25. The molecule has 0 radical (unpaired) electrons. The molecule has 2 heterocycles. The Morgan fingerprint density at radius 1 is 1.62 bits per heavy atom. The van der Waals surface area contributed by atoms with Gasteiger partial charge < -0.3 is 9.94 Å². The van der Waals surface area contributed by atoms with Crippen molar-refractivity contribution in [1.82, 2.24) is 9.71 Å². The summed E-state index contributed by atoms with van der Waals surface area (Å²) < 4.78 is 5.77. The Kier molecular flexibility index (Phi) is 2.52. The predicted octanol–water partition coefficient (Wildman–Crippen LogP) is 1.76. The topological polar surface area (TPSA) is 64.3 Å². The van der Waals surface area contributed by atoms with Crippen molar-refractivity contribution in [3.05, 3.63) is 29.6 Å². The van der Waals surface area contributed by atoms with Crippen LogP contribution in [0.25, 0.3) is 11.0 Å². The van der Waals surface area contributed by atoms with Crippen molar-refractivity contribution < 1.29 is 14.7 Å². The molecule has 16 heavy (non-hydrogen) atoms. The van der Waals surface area contributed by atoms with E-state index < -0.39 is 5.97 Å². The normalized spacial score (nSPS) is 10.6. The van der Waals surface area contributed by atoms with Gasteiger partial charge in [0, 0.05) is 6.20 Å². The zero-order valence-corrected chi connectivity index (χ0v) is 9.10. The Balaban J connectivity index is 2.59. The van der Waals surface area contributed by atoms with E-state index in [2.05, 4.69) is 4.98 Å². The lowest BCUT2D eigenvalue weighted by molar-refractivity contribution is 0.0526. The Hall–Kier alpha value is -2.04. The maximum atomic E-state index is 11.6. The second kappa shape index (κ2) is 3.84. The molecule has 1 N–H and O–H groups in total. The molecule has 0 aliphatic rings. The van der Waals surface area contributed by atoms with Crippen LogP contribution in [0.5, 0.6) is 0 Å². The van der Waals surface area contributed by atoms with E-state index in [4.69, 9.17) is 4.74 Å². The van der Waals surface area contributed by atoms with E-state index in [0.717, 1.165) is 10.3 Å². The molecule has 0 bridgehead atoms. The van der Waals surface area contributed by atoms with Crippen LogP contribution in [-0.4, -0.2) is 27.5 Å². The van der Waals surface area contributed by atoms with Gasteiger partial charge in [-0.2, -0.15) is 4.73 Å². The van der Waals surface area contributed by atoms with Crippen molar-refractivity contribution in [1.29, 1.82) is 0 Å². The van der Waals surface area contributed by atoms with E-state index in [-0.39, 0.29) is 5.56 Å². The molecule has 5 heteroatoms. The summed E-state index contributed by atoms with van der Waals surface area (Å²) in [6.45, 7) is 3.89. The summed E-state index contributed by atoms with van der Waals surface area (Å²) in [4.78, 5) is 15.7. The number of pyridine rings is 1. The molecule has 0 atom stereocenters. The first kappa shape index (κ1) is 10.5. The van der Waals surface area contributed by atoms with Gasteiger partial charge in [0.1, 0.15) is 16.6 Å². The maximum Gasteiger partial charge on any atom is 0.342 e. The number of carbonyl (C=O) groups excluding carboxylic acids is 1. The molecule has 0 fully saturated rings. The molecule has 0 saturated carbocycles. The Morgan fingerprint density at radius 2 is 2.38 bits per heavy atom. The van der Waals surface area contributed by atoms with Gasteiger partial charge in [-0.1, -0.05) is 0 Å². The number of aromatic nitrogens is 2. The summed E-state index contributed by atoms with van der Waals surface area (Å²) in [5.41, 5.74) is 2.14. The minimum atomic E-state index is -0.475. The molecule has 2 aromatic heterocycles. The summed E-state index contributed by atoms with van der Waals surface area (Å²) in [5, 5.41) is 9.60. The molecule has 0 amide bonds. The Morgan fingerprint density at radius 3 is 3.06 bits per heavy atom. The monoisotopic (exact) mass is 220 g/mol. The molecular weight excluding hydrogens is 208 g/mol. The van der Waals surface area contributed by atoms with Crippen LogP contribution in [0.2, 0.25) is 0 Å². The minimum Gasteiger partial charge on any atom is -0.462 e. The number of ether oxygens (including phenoxy) is 1. The molecule has 0 aromatic carbocycles. The van der Waals surface area contributed by atoms with Gasteiger partial charge in [0.15, 0.2) is 0 Å². The van der Waals surface area contributed by atoms with Crippen LogP contribution in [0, 0.1) is 6.92 Å². The summed E-state index contributed by atoms with van der Waals surface area (Å²) in [7, 11) is 0. The fraction of sp³-hybridized carbons (Fsp3) is 0.273. The molecule has 0 aliphatic heterocycles. The molecular formula is C11H12N2O3. The number of hydrogen-bond donors (Lipinski definition) is 1. The minimum absolute atomic E-state index is 0.277. The van der Waals surface area contributed by atoms with Crippen molar-refractivity contribution in [2.75, 3.05) is 6.61 Å². The number of carbonyl (C=O) groups is 1. The smallest absolute Gasteiger partial charge is 0.342 e. The SMILES string of the molecule is CCOC(=O)c1cn(O)c2cc(C)cnc12. The van der Waals surface area contributed by atoms with Crippen LogP contribution in [0.1, 0.15) is 22.8 Å². The number of rotatable bonds is 2. The average molecular weight is 220 g/mol. The first-order chi connectivity index (χ1) is 7.63. The lowest BCUT2D eigenvalue weighted by Crippen LogP contribution is -2.04. The van der Waals surface area contributed by atoms with E-state index in [1.807, 2.05) is 6.92 Å². The Bertz CT molecular complexity index is 545. The van der Waals surface area contributed by atoms with E-state index >= 15 is 0 Å². The van der Waals surface area contributed by atoms with Crippen molar-refractivity contribution in [3.8, 4) is 0 Å². The number of aryl methyl sites for hydroxylation is 1. The zero-order chi connectivity index (χ0) is 11.7. The standard InChI is InChI=1S/C11H12N2O3/c1-3-16-11(14)8-6-13(15)9-4-7(2)5-12-10(8)9/h4-6,15H,3H2,1-2H3. The number of hydrogen-bond acceptors (Lipinski definition) is 4. The van der Waals surface area contributed by atoms with Gasteiger partial charge in [-0.25, -0.2) is 4.79 Å². The molecule has 2 aromatic rings. The van der Waals surface area contributed by atoms with Gasteiger partial charge in [-0.15, -0.1) is 0 Å². The highest BCUT2D eigenvalue weighted by atomic mass is 16.5. The van der Waals surface area contributed by atoms with Crippen molar-refractivity contribution >= 4 is 17.0 Å². The molecule has 5 nitrogen and oxygen atoms in total. The van der Waals surface area contributed by atoms with Crippen LogP contribution >= 0.6 is 0 Å². The Labute approximate surface area is 92.2 Å². The predicted molar refractivity (Wildman–Crippen MR) is 57.6 cm³/mol. The molecule has 0 spiro atoms. The quantitative estimate of drug-likeness (QED) is 0.618. The molecule has 0 unspecified atom stereocenters. The van der Waals surface area contributed by atoms with Crippen LogP contribution in [-0.2, 0) is 4.74 Å². The van der Waals surface area contributed by atoms with Crippen molar-refractivity contribution in [2.45, 2.75) is 13.8 Å². The fourth-order valence-electron chi connectivity index (χ4n) is 1.55. The third kappa shape index (κ3) is 1.60. The van der Waals surface area contributed by atoms with Crippen LogP contribution in [0.4, 0.5) is 0 Å². The van der Waals surface area contributed by atoms with Crippen LogP contribution in [0.15, 0.2) is 18.5 Å². The number of esters is 1. The molecule has 2 rings (SSSR count). The second-order valence-corrected chi connectivity index (χ2v) is 3.49. The summed E-state index contributed by atoms with van der Waals surface area (Å²) >= 11 is 0.